The number of amides is 1. The Morgan fingerprint density at radius 3 is 2.42 bits per heavy atom. The van der Waals surface area contributed by atoms with Crippen LogP contribution in [0.4, 0.5) is 4.39 Å². The van der Waals surface area contributed by atoms with Crippen molar-refractivity contribution in [1.29, 1.82) is 0 Å². The van der Waals surface area contributed by atoms with Crippen molar-refractivity contribution in [3.63, 3.8) is 0 Å². The van der Waals surface area contributed by atoms with Crippen molar-refractivity contribution in [3.8, 4) is 0 Å². The number of hydrogen-bond donors (Lipinski definition) is 1. The van der Waals surface area contributed by atoms with Crippen molar-refractivity contribution in [2.45, 2.75) is 18.7 Å². The van der Waals surface area contributed by atoms with Crippen LogP contribution in [0, 0.1) is 11.7 Å². The zero-order valence-corrected chi connectivity index (χ0v) is 15.1. The third-order valence-corrected chi connectivity index (χ3v) is 5.69. The molecule has 0 saturated carbocycles. The second-order valence-corrected chi connectivity index (χ2v) is 8.37. The van der Waals surface area contributed by atoms with Gasteiger partial charge in [-0.2, -0.15) is 0 Å². The van der Waals surface area contributed by atoms with Gasteiger partial charge in [-0.3, -0.25) is 4.79 Å². The second-order valence-electron chi connectivity index (χ2n) is 6.56. The van der Waals surface area contributed by atoms with Gasteiger partial charge in [0.1, 0.15) is 5.82 Å². The lowest BCUT2D eigenvalue weighted by atomic mass is 10.1. The number of likely N-dealkylation sites (tertiary alicyclic amines) is 1. The minimum Gasteiger partial charge on any atom is -0.338 e. The molecule has 1 aliphatic heterocycles. The molecule has 1 heterocycles. The Labute approximate surface area is 152 Å². The van der Waals surface area contributed by atoms with Crippen molar-refractivity contribution in [2.75, 3.05) is 13.1 Å². The van der Waals surface area contributed by atoms with Gasteiger partial charge in [0.25, 0.3) is 0 Å². The predicted molar refractivity (Wildman–Crippen MR) is 97.0 cm³/mol. The van der Waals surface area contributed by atoms with Crippen LogP contribution < -0.4 is 4.72 Å². The number of rotatable bonds is 7. The van der Waals surface area contributed by atoms with Gasteiger partial charge in [-0.15, -0.1) is 0 Å². The van der Waals surface area contributed by atoms with Gasteiger partial charge in [0.15, 0.2) is 0 Å². The van der Waals surface area contributed by atoms with Crippen LogP contribution in [0.5, 0.6) is 0 Å². The van der Waals surface area contributed by atoms with Crippen molar-refractivity contribution >= 4 is 15.9 Å². The lowest BCUT2D eigenvalue weighted by Gasteiger charge is -2.17. The Kier molecular flexibility index (Phi) is 5.68. The summed E-state index contributed by atoms with van der Waals surface area (Å²) in [6.45, 7) is 1.30. The molecule has 7 heteroatoms. The van der Waals surface area contributed by atoms with Crippen LogP contribution in [0.3, 0.4) is 0 Å². The van der Waals surface area contributed by atoms with E-state index in [-0.39, 0.29) is 24.1 Å². The molecule has 2 aromatic rings. The summed E-state index contributed by atoms with van der Waals surface area (Å²) in [7, 11) is -3.53. The second kappa shape index (κ2) is 7.97. The molecule has 2 aromatic carbocycles. The summed E-state index contributed by atoms with van der Waals surface area (Å²) >= 11 is 0. The molecule has 0 aliphatic carbocycles. The molecule has 0 spiro atoms. The summed E-state index contributed by atoms with van der Waals surface area (Å²) in [6.07, 6.45) is 0.339. The highest BCUT2D eigenvalue weighted by molar-refractivity contribution is 7.88. The van der Waals surface area contributed by atoms with Gasteiger partial charge in [-0.1, -0.05) is 42.5 Å². The Balaban J connectivity index is 1.51. The van der Waals surface area contributed by atoms with E-state index in [0.717, 1.165) is 5.56 Å². The molecule has 1 amide bonds. The van der Waals surface area contributed by atoms with Gasteiger partial charge in [0.2, 0.25) is 15.9 Å². The molecule has 0 radical (unpaired) electrons. The smallest absolute Gasteiger partial charge is 0.223 e. The zero-order chi connectivity index (χ0) is 18.6. The van der Waals surface area contributed by atoms with Gasteiger partial charge in [0.05, 0.1) is 5.75 Å². The first-order chi connectivity index (χ1) is 12.4. The summed E-state index contributed by atoms with van der Waals surface area (Å²) in [4.78, 5) is 13.9. The van der Waals surface area contributed by atoms with Crippen LogP contribution >= 0.6 is 0 Å². The highest BCUT2D eigenvalue weighted by atomic mass is 32.2. The summed E-state index contributed by atoms with van der Waals surface area (Å²) < 4.78 is 39.9. The fourth-order valence-electron chi connectivity index (χ4n) is 3.04. The number of carbonyl (C=O) groups excluding carboxylic acids is 1. The normalized spacial score (nSPS) is 17.7. The molecule has 3 rings (SSSR count). The summed E-state index contributed by atoms with van der Waals surface area (Å²) in [5.74, 6) is -0.616. The third-order valence-electron chi connectivity index (χ3n) is 4.37. The molecular formula is C19H21FN2O3S. The van der Waals surface area contributed by atoms with E-state index in [2.05, 4.69) is 4.72 Å². The van der Waals surface area contributed by atoms with E-state index < -0.39 is 15.8 Å². The fourth-order valence-corrected chi connectivity index (χ4v) is 4.27. The molecule has 1 fully saturated rings. The Bertz CT molecular complexity index is 854. The predicted octanol–water partition coefficient (Wildman–Crippen LogP) is 2.29. The van der Waals surface area contributed by atoms with Crippen LogP contribution in [-0.2, 0) is 27.1 Å². The topological polar surface area (TPSA) is 66.5 Å². The van der Waals surface area contributed by atoms with E-state index in [9.17, 15) is 17.6 Å². The molecule has 1 aliphatic rings. The van der Waals surface area contributed by atoms with Gasteiger partial charge in [0, 0.05) is 26.1 Å². The van der Waals surface area contributed by atoms with Crippen LogP contribution in [0.2, 0.25) is 0 Å². The molecule has 1 atom stereocenters. The quantitative estimate of drug-likeness (QED) is 0.806. The standard InChI is InChI=1S/C19H21FN2O3S/c20-18-8-6-16(7-9-18)14-26(24,25)21-11-17-10-19(23)22(13-17)12-15-4-2-1-3-5-15/h1-9,17,21H,10-14H2. The number of sulfonamides is 1. The lowest BCUT2D eigenvalue weighted by molar-refractivity contribution is -0.128. The molecule has 5 nitrogen and oxygen atoms in total. The van der Waals surface area contributed by atoms with E-state index in [4.69, 9.17) is 0 Å². The molecule has 0 aromatic heterocycles. The highest BCUT2D eigenvalue weighted by Crippen LogP contribution is 2.20. The average Bonchev–Trinajstić information content (AvgIpc) is 2.96. The zero-order valence-electron chi connectivity index (χ0n) is 14.3. The number of halogens is 1. The molecule has 1 N–H and O–H groups in total. The first-order valence-corrected chi connectivity index (χ1v) is 10.1. The van der Waals surface area contributed by atoms with Crippen LogP contribution in [-0.4, -0.2) is 32.3 Å². The maximum Gasteiger partial charge on any atom is 0.223 e. The molecule has 0 bridgehead atoms. The number of nitrogens with one attached hydrogen (secondary N) is 1. The van der Waals surface area contributed by atoms with Crippen LogP contribution in [0.15, 0.2) is 54.6 Å². The molecule has 1 unspecified atom stereocenters. The third kappa shape index (κ3) is 5.12. The Morgan fingerprint density at radius 2 is 1.73 bits per heavy atom. The first-order valence-electron chi connectivity index (χ1n) is 8.45. The number of nitrogens with zero attached hydrogens (tertiary/aromatic N) is 1. The molecule has 138 valence electrons. The largest absolute Gasteiger partial charge is 0.338 e. The first kappa shape index (κ1) is 18.5. The summed E-state index contributed by atoms with van der Waals surface area (Å²) in [6, 6.07) is 15.1. The maximum atomic E-state index is 12.9. The van der Waals surface area contributed by atoms with Crippen LogP contribution in [0.1, 0.15) is 17.5 Å². The maximum absolute atomic E-state index is 12.9. The average molecular weight is 376 g/mol. The van der Waals surface area contributed by atoms with E-state index in [1.54, 1.807) is 4.90 Å². The number of benzene rings is 2. The Morgan fingerprint density at radius 1 is 1.04 bits per heavy atom. The minimum atomic E-state index is -3.53. The molecule has 26 heavy (non-hydrogen) atoms. The summed E-state index contributed by atoms with van der Waals surface area (Å²) in [5.41, 5.74) is 1.57. The van der Waals surface area contributed by atoms with Gasteiger partial charge in [-0.05, 0) is 29.2 Å². The van der Waals surface area contributed by atoms with E-state index >= 15 is 0 Å². The van der Waals surface area contributed by atoms with E-state index in [1.165, 1.54) is 24.3 Å². The summed E-state index contributed by atoms with van der Waals surface area (Å²) in [5, 5.41) is 0. The lowest BCUT2D eigenvalue weighted by Crippen LogP contribution is -2.32. The van der Waals surface area contributed by atoms with Gasteiger partial charge in [-0.25, -0.2) is 17.5 Å². The fraction of sp³-hybridized carbons (Fsp3) is 0.316. The monoisotopic (exact) mass is 376 g/mol. The number of hydrogen-bond acceptors (Lipinski definition) is 3. The molecule has 1 saturated heterocycles. The Hall–Kier alpha value is -2.25. The number of carbonyl (C=O) groups is 1. The van der Waals surface area contributed by atoms with Gasteiger partial charge < -0.3 is 4.90 Å². The SMILES string of the molecule is O=C1CC(CNS(=O)(=O)Cc2ccc(F)cc2)CN1Cc1ccccc1. The van der Waals surface area contributed by atoms with Crippen molar-refractivity contribution in [1.82, 2.24) is 9.62 Å². The molecular weight excluding hydrogens is 355 g/mol. The van der Waals surface area contributed by atoms with Gasteiger partial charge >= 0.3 is 0 Å². The van der Waals surface area contributed by atoms with Crippen LogP contribution in [0.25, 0.3) is 0 Å². The highest BCUT2D eigenvalue weighted by Gasteiger charge is 2.30. The van der Waals surface area contributed by atoms with E-state index in [0.29, 0.717) is 25.1 Å². The van der Waals surface area contributed by atoms with Crippen molar-refractivity contribution < 1.29 is 17.6 Å². The van der Waals surface area contributed by atoms with E-state index in [1.807, 2.05) is 30.3 Å². The van der Waals surface area contributed by atoms with Crippen molar-refractivity contribution in [3.05, 3.63) is 71.5 Å². The van der Waals surface area contributed by atoms with Crippen molar-refractivity contribution in [2.24, 2.45) is 5.92 Å². The minimum absolute atomic E-state index is 0.0385.